The van der Waals surface area contributed by atoms with E-state index in [0.29, 0.717) is 17.1 Å². The van der Waals surface area contributed by atoms with Crippen LogP contribution >= 0.6 is 0 Å². The van der Waals surface area contributed by atoms with E-state index in [1.165, 1.54) is 0 Å². The molecule has 0 saturated carbocycles. The van der Waals surface area contributed by atoms with Crippen LogP contribution in [0.1, 0.15) is 11.3 Å². The molecule has 6 heteroatoms. The van der Waals surface area contributed by atoms with Gasteiger partial charge in [-0.1, -0.05) is 12.1 Å². The molecule has 2 aromatic carbocycles. The number of pyridine rings is 1. The highest BCUT2D eigenvalue weighted by molar-refractivity contribution is 5.90. The Morgan fingerprint density at radius 3 is 2.59 bits per heavy atom. The molecule has 0 radical (unpaired) electrons. The first-order valence-corrected chi connectivity index (χ1v) is 8.49. The predicted octanol–water partition coefficient (Wildman–Crippen LogP) is 5.32. The zero-order valence-electron chi connectivity index (χ0n) is 14.9. The van der Waals surface area contributed by atoms with E-state index in [-0.39, 0.29) is 0 Å². The van der Waals surface area contributed by atoms with Crippen LogP contribution in [0.3, 0.4) is 0 Å². The van der Waals surface area contributed by atoms with Gasteiger partial charge < -0.3 is 10.1 Å². The quantitative estimate of drug-likeness (QED) is 0.499. The fourth-order valence-electron chi connectivity index (χ4n) is 2.76. The van der Waals surface area contributed by atoms with Crippen LogP contribution in [-0.2, 0) is 0 Å². The Morgan fingerprint density at radius 1 is 0.963 bits per heavy atom. The number of aromatic nitrogens is 3. The number of aryl methyl sites for hydroxylation is 2. The van der Waals surface area contributed by atoms with Gasteiger partial charge in [-0.3, -0.25) is 4.98 Å². The molecule has 27 heavy (non-hydrogen) atoms. The smallest absolute Gasteiger partial charge is 0.311 e. The van der Waals surface area contributed by atoms with Crippen molar-refractivity contribution in [3.8, 4) is 11.5 Å². The summed E-state index contributed by atoms with van der Waals surface area (Å²) < 4.78 is 19.6. The molecule has 134 valence electrons. The molecule has 1 N–H and O–H groups in total. The van der Waals surface area contributed by atoms with Crippen molar-refractivity contribution >= 4 is 22.4 Å². The van der Waals surface area contributed by atoms with Gasteiger partial charge in [0.15, 0.2) is 0 Å². The zero-order valence-corrected chi connectivity index (χ0v) is 14.9. The second-order valence-corrected chi connectivity index (χ2v) is 6.20. The second kappa shape index (κ2) is 6.99. The van der Waals surface area contributed by atoms with E-state index < -0.39 is 6.08 Å². The third-order valence-corrected chi connectivity index (χ3v) is 4.13. The maximum Gasteiger partial charge on any atom is 0.311 e. The lowest BCUT2D eigenvalue weighted by Crippen LogP contribution is -2.00. The van der Waals surface area contributed by atoms with Gasteiger partial charge >= 0.3 is 6.08 Å². The molecule has 2 heterocycles. The lowest BCUT2D eigenvalue weighted by molar-refractivity contribution is 0.476. The van der Waals surface area contributed by atoms with Gasteiger partial charge in [-0.15, -0.1) is 0 Å². The minimum atomic E-state index is -0.764. The van der Waals surface area contributed by atoms with E-state index in [0.717, 1.165) is 28.1 Å². The van der Waals surface area contributed by atoms with Gasteiger partial charge in [0, 0.05) is 16.8 Å². The number of nitrogens with zero attached hydrogens (tertiary/aromatic N) is 3. The van der Waals surface area contributed by atoms with Crippen LogP contribution < -0.4 is 10.1 Å². The Morgan fingerprint density at radius 2 is 1.81 bits per heavy atom. The maximum atomic E-state index is 13.7. The topological polar surface area (TPSA) is 59.9 Å². The number of rotatable bonds is 4. The Balaban J connectivity index is 1.61. The summed E-state index contributed by atoms with van der Waals surface area (Å²) >= 11 is 0. The second-order valence-electron chi connectivity index (χ2n) is 6.20. The third kappa shape index (κ3) is 3.69. The molecule has 4 rings (SSSR count). The Labute approximate surface area is 155 Å². The minimum absolute atomic E-state index is 0.425. The number of hydrogen-bond donors (Lipinski definition) is 1. The summed E-state index contributed by atoms with van der Waals surface area (Å²) in [5.41, 5.74) is 3.20. The van der Waals surface area contributed by atoms with Gasteiger partial charge in [-0.05, 0) is 61.9 Å². The molecular weight excluding hydrogens is 343 g/mol. The molecule has 0 aliphatic rings. The van der Waals surface area contributed by atoms with Gasteiger partial charge in [0.2, 0.25) is 0 Å². The van der Waals surface area contributed by atoms with E-state index >= 15 is 0 Å². The van der Waals surface area contributed by atoms with Crippen molar-refractivity contribution in [1.29, 1.82) is 0 Å². The summed E-state index contributed by atoms with van der Waals surface area (Å²) in [6.45, 7) is 3.87. The third-order valence-electron chi connectivity index (χ3n) is 4.13. The van der Waals surface area contributed by atoms with E-state index in [2.05, 4.69) is 20.3 Å². The fraction of sp³-hybridized carbons (Fsp3) is 0.0952. The average Bonchev–Trinajstić information content (AvgIpc) is 2.65. The summed E-state index contributed by atoms with van der Waals surface area (Å²) in [5, 5.41) is 3.92. The largest absolute Gasteiger partial charge is 0.455 e. The number of benzene rings is 2. The van der Waals surface area contributed by atoms with Crippen LogP contribution in [0.15, 0.2) is 60.8 Å². The molecule has 4 aromatic rings. The number of ether oxygens (including phenoxy) is 1. The van der Waals surface area contributed by atoms with Gasteiger partial charge in [-0.2, -0.15) is 9.37 Å². The highest BCUT2D eigenvalue weighted by Gasteiger charge is 2.09. The van der Waals surface area contributed by atoms with Crippen molar-refractivity contribution in [1.82, 2.24) is 15.0 Å². The fourth-order valence-corrected chi connectivity index (χ4v) is 2.76. The standard InChI is InChI=1S/C21H17FN4O/c1-13-11-15(8-10-19(13)27-16-9-7-14(2)23-12-16)24-20-17-5-3-4-6-18(17)25-21(22)26-20/h3-12H,1-2H3,(H,24,25,26). The molecule has 0 amide bonds. The van der Waals surface area contributed by atoms with Gasteiger partial charge in [0.25, 0.3) is 0 Å². The lowest BCUT2D eigenvalue weighted by Gasteiger charge is -2.12. The van der Waals surface area contributed by atoms with Crippen LogP contribution in [-0.4, -0.2) is 15.0 Å². The summed E-state index contributed by atoms with van der Waals surface area (Å²) in [5.74, 6) is 1.83. The summed E-state index contributed by atoms with van der Waals surface area (Å²) in [6.07, 6.45) is 0.927. The summed E-state index contributed by atoms with van der Waals surface area (Å²) in [7, 11) is 0. The van der Waals surface area contributed by atoms with E-state index in [9.17, 15) is 4.39 Å². The van der Waals surface area contributed by atoms with Crippen LogP contribution in [0.5, 0.6) is 11.5 Å². The van der Waals surface area contributed by atoms with E-state index in [1.54, 1.807) is 12.3 Å². The molecule has 0 saturated heterocycles. The van der Waals surface area contributed by atoms with Crippen molar-refractivity contribution in [2.45, 2.75) is 13.8 Å². The Kier molecular flexibility index (Phi) is 4.38. The van der Waals surface area contributed by atoms with Crippen molar-refractivity contribution in [3.63, 3.8) is 0 Å². The number of nitrogens with one attached hydrogen (secondary N) is 1. The Bertz CT molecular complexity index is 1110. The normalized spacial score (nSPS) is 10.8. The molecule has 0 atom stereocenters. The van der Waals surface area contributed by atoms with Crippen molar-refractivity contribution < 1.29 is 9.13 Å². The summed E-state index contributed by atoms with van der Waals surface area (Å²) in [6, 6.07) is 16.7. The first-order valence-electron chi connectivity index (χ1n) is 8.49. The van der Waals surface area contributed by atoms with Gasteiger partial charge in [0.05, 0.1) is 11.7 Å². The lowest BCUT2D eigenvalue weighted by atomic mass is 10.2. The van der Waals surface area contributed by atoms with Crippen LogP contribution in [0.25, 0.3) is 10.9 Å². The highest BCUT2D eigenvalue weighted by Crippen LogP contribution is 2.29. The molecule has 0 unspecified atom stereocenters. The molecule has 0 bridgehead atoms. The molecule has 0 spiro atoms. The minimum Gasteiger partial charge on any atom is -0.455 e. The van der Waals surface area contributed by atoms with Crippen LogP contribution in [0, 0.1) is 19.9 Å². The number of para-hydroxylation sites is 1. The molecule has 0 aliphatic heterocycles. The molecule has 5 nitrogen and oxygen atoms in total. The van der Waals surface area contributed by atoms with Crippen molar-refractivity contribution in [2.75, 3.05) is 5.32 Å². The predicted molar refractivity (Wildman–Crippen MR) is 103 cm³/mol. The molecule has 0 fully saturated rings. The zero-order chi connectivity index (χ0) is 18.8. The van der Waals surface area contributed by atoms with Crippen LogP contribution in [0.4, 0.5) is 15.9 Å². The first kappa shape index (κ1) is 16.9. The maximum absolute atomic E-state index is 13.7. The van der Waals surface area contributed by atoms with Gasteiger partial charge in [-0.25, -0.2) is 4.98 Å². The molecule has 2 aromatic heterocycles. The van der Waals surface area contributed by atoms with Crippen molar-refractivity contribution in [3.05, 3.63) is 78.1 Å². The van der Waals surface area contributed by atoms with E-state index in [1.807, 2.05) is 62.4 Å². The summed E-state index contributed by atoms with van der Waals surface area (Å²) in [4.78, 5) is 11.9. The molecular formula is C21H17FN4O. The van der Waals surface area contributed by atoms with E-state index in [4.69, 9.17) is 4.74 Å². The number of hydrogen-bond acceptors (Lipinski definition) is 5. The van der Waals surface area contributed by atoms with Crippen molar-refractivity contribution in [2.24, 2.45) is 0 Å². The van der Waals surface area contributed by atoms with Gasteiger partial charge in [0.1, 0.15) is 17.3 Å². The Hall–Kier alpha value is -3.54. The SMILES string of the molecule is Cc1ccc(Oc2ccc(Nc3nc(F)nc4ccccc34)cc2C)cn1. The van der Waals surface area contributed by atoms with Crippen LogP contribution in [0.2, 0.25) is 0 Å². The number of fused-ring (bicyclic) bond motifs is 1. The monoisotopic (exact) mass is 360 g/mol. The average molecular weight is 360 g/mol. The number of halogens is 1. The molecule has 0 aliphatic carbocycles. The highest BCUT2D eigenvalue weighted by atomic mass is 19.1. The number of anilines is 2. The first-order chi connectivity index (χ1) is 13.1.